The lowest BCUT2D eigenvalue weighted by Crippen LogP contribution is -2.27. The number of hydrogen-bond donors (Lipinski definition) is 1. The summed E-state index contributed by atoms with van der Waals surface area (Å²) in [6, 6.07) is 2.00. The van der Waals surface area contributed by atoms with Crippen molar-refractivity contribution in [1.82, 2.24) is 9.78 Å². The van der Waals surface area contributed by atoms with E-state index in [1.54, 1.807) is 0 Å². The lowest BCUT2D eigenvalue weighted by Gasteiger charge is -2.23. The number of nitrogens with one attached hydrogen (secondary N) is 1. The molecular weight excluding hydrogens is 262 g/mol. The molecule has 0 aliphatic rings. The van der Waals surface area contributed by atoms with Gasteiger partial charge in [-0.05, 0) is 33.1 Å². The molecule has 0 aliphatic heterocycles. The lowest BCUT2D eigenvalue weighted by molar-refractivity contribution is -0.116. The zero-order valence-electron chi connectivity index (χ0n) is 14.9. The summed E-state index contributed by atoms with van der Waals surface area (Å²) in [4.78, 5) is 12.1. The number of hydrogen-bond acceptors (Lipinski definition) is 2. The number of anilines is 1. The maximum Gasteiger partial charge on any atom is 0.225 e. The Hall–Kier alpha value is -1.32. The summed E-state index contributed by atoms with van der Waals surface area (Å²) < 4.78 is 1.92. The maximum absolute atomic E-state index is 12.1. The first kappa shape index (κ1) is 17.7. The molecule has 0 saturated carbocycles. The molecule has 1 heterocycles. The van der Waals surface area contributed by atoms with E-state index in [0.717, 1.165) is 17.9 Å². The van der Waals surface area contributed by atoms with Gasteiger partial charge in [0.1, 0.15) is 5.82 Å². The molecular formula is C17H31N3O. The highest BCUT2D eigenvalue weighted by Crippen LogP contribution is 2.28. The van der Waals surface area contributed by atoms with Crippen LogP contribution < -0.4 is 5.32 Å². The number of rotatable bonds is 4. The normalized spacial score (nSPS) is 12.8. The molecule has 0 aromatic carbocycles. The van der Waals surface area contributed by atoms with Gasteiger partial charge in [-0.1, -0.05) is 34.6 Å². The van der Waals surface area contributed by atoms with Crippen molar-refractivity contribution in [3.05, 3.63) is 11.8 Å². The number of carbonyl (C=O) groups excluding carboxylic acids is 1. The second kappa shape index (κ2) is 6.20. The van der Waals surface area contributed by atoms with Crippen molar-refractivity contribution in [1.29, 1.82) is 0 Å². The van der Waals surface area contributed by atoms with Crippen LogP contribution in [-0.4, -0.2) is 15.7 Å². The van der Waals surface area contributed by atoms with E-state index >= 15 is 0 Å². The Bertz CT molecular complexity index is 487. The molecule has 0 unspecified atom stereocenters. The fourth-order valence-corrected chi connectivity index (χ4v) is 1.97. The molecule has 0 bridgehead atoms. The summed E-state index contributed by atoms with van der Waals surface area (Å²) in [7, 11) is 0. The van der Waals surface area contributed by atoms with Crippen LogP contribution in [-0.2, 0) is 15.7 Å². The van der Waals surface area contributed by atoms with Gasteiger partial charge < -0.3 is 5.32 Å². The number of carbonyl (C=O) groups is 1. The van der Waals surface area contributed by atoms with Gasteiger partial charge in [-0.25, -0.2) is 4.68 Å². The van der Waals surface area contributed by atoms with Crippen LogP contribution >= 0.6 is 0 Å². The molecule has 0 spiro atoms. The quantitative estimate of drug-likeness (QED) is 0.899. The van der Waals surface area contributed by atoms with Crippen molar-refractivity contribution < 1.29 is 4.79 Å². The summed E-state index contributed by atoms with van der Waals surface area (Å²) >= 11 is 0. The first-order valence-corrected chi connectivity index (χ1v) is 7.82. The Morgan fingerprint density at radius 3 is 2.24 bits per heavy atom. The predicted molar refractivity (Wildman–Crippen MR) is 88.6 cm³/mol. The van der Waals surface area contributed by atoms with E-state index < -0.39 is 0 Å². The average molecular weight is 293 g/mol. The number of nitrogens with zero attached hydrogens (tertiary/aromatic N) is 2. The van der Waals surface area contributed by atoms with Gasteiger partial charge in [0.25, 0.3) is 0 Å². The minimum absolute atomic E-state index is 0.0338. The molecule has 0 radical (unpaired) electrons. The van der Waals surface area contributed by atoms with Gasteiger partial charge in [0.15, 0.2) is 0 Å². The summed E-state index contributed by atoms with van der Waals surface area (Å²) in [6.07, 6.45) is 1.46. The Balaban J connectivity index is 3.00. The molecule has 0 saturated heterocycles. The zero-order valence-corrected chi connectivity index (χ0v) is 14.9. The van der Waals surface area contributed by atoms with Gasteiger partial charge in [0.05, 0.1) is 11.2 Å². The summed E-state index contributed by atoms with van der Waals surface area (Å²) in [5, 5.41) is 7.73. The van der Waals surface area contributed by atoms with E-state index in [2.05, 4.69) is 60.7 Å². The van der Waals surface area contributed by atoms with Crippen LogP contribution in [0.3, 0.4) is 0 Å². The lowest BCUT2D eigenvalue weighted by atomic mass is 9.92. The van der Waals surface area contributed by atoms with Gasteiger partial charge in [0.2, 0.25) is 5.91 Å². The van der Waals surface area contributed by atoms with E-state index in [1.807, 2.05) is 10.7 Å². The van der Waals surface area contributed by atoms with Crippen LogP contribution in [0.5, 0.6) is 0 Å². The summed E-state index contributed by atoms with van der Waals surface area (Å²) in [5.41, 5.74) is 0.800. The second-order valence-electron chi connectivity index (χ2n) is 8.23. The molecule has 4 nitrogen and oxygen atoms in total. The van der Waals surface area contributed by atoms with Crippen molar-refractivity contribution >= 4 is 11.7 Å². The van der Waals surface area contributed by atoms with Gasteiger partial charge in [0, 0.05) is 17.9 Å². The second-order valence-corrected chi connectivity index (χ2v) is 8.23. The fourth-order valence-electron chi connectivity index (χ4n) is 1.97. The first-order valence-electron chi connectivity index (χ1n) is 7.82. The molecule has 1 rings (SSSR count). The molecule has 21 heavy (non-hydrogen) atoms. The van der Waals surface area contributed by atoms with Gasteiger partial charge in [-0.3, -0.25) is 4.79 Å². The Labute approximate surface area is 129 Å². The van der Waals surface area contributed by atoms with Gasteiger partial charge in [-0.15, -0.1) is 0 Å². The Morgan fingerprint density at radius 1 is 1.24 bits per heavy atom. The third-order valence-electron chi connectivity index (χ3n) is 3.33. The van der Waals surface area contributed by atoms with Crippen LogP contribution in [0.2, 0.25) is 0 Å². The van der Waals surface area contributed by atoms with E-state index in [0.29, 0.717) is 12.3 Å². The third kappa shape index (κ3) is 5.18. The van der Waals surface area contributed by atoms with Crippen LogP contribution in [0.25, 0.3) is 0 Å². The predicted octanol–water partition coefficient (Wildman–Crippen LogP) is 4.31. The van der Waals surface area contributed by atoms with Crippen molar-refractivity contribution in [2.75, 3.05) is 5.32 Å². The molecule has 120 valence electrons. The summed E-state index contributed by atoms with van der Waals surface area (Å²) in [6.45, 7) is 16.9. The maximum atomic E-state index is 12.1. The molecule has 4 heteroatoms. The number of amides is 1. The van der Waals surface area contributed by atoms with Crippen LogP contribution in [0, 0.1) is 5.92 Å². The largest absolute Gasteiger partial charge is 0.311 e. The minimum atomic E-state index is -0.163. The molecule has 1 aromatic rings. The average Bonchev–Trinajstić information content (AvgIpc) is 2.69. The van der Waals surface area contributed by atoms with E-state index in [1.165, 1.54) is 0 Å². The Kier molecular flexibility index (Phi) is 5.24. The van der Waals surface area contributed by atoms with E-state index in [9.17, 15) is 4.79 Å². The molecule has 1 aromatic heterocycles. The molecule has 0 aliphatic carbocycles. The smallest absolute Gasteiger partial charge is 0.225 e. The van der Waals surface area contributed by atoms with Crippen molar-refractivity contribution in [2.24, 2.45) is 5.92 Å². The van der Waals surface area contributed by atoms with Crippen LogP contribution in [0.1, 0.15) is 73.9 Å². The SMILES string of the molecule is CC(C)CCC(=O)Nc1cc(C(C)(C)C)nn1C(C)(C)C. The van der Waals surface area contributed by atoms with Crippen LogP contribution in [0.15, 0.2) is 6.07 Å². The first-order chi connectivity index (χ1) is 9.41. The third-order valence-corrected chi connectivity index (χ3v) is 3.33. The van der Waals surface area contributed by atoms with Gasteiger partial charge in [-0.2, -0.15) is 5.10 Å². The highest BCUT2D eigenvalue weighted by molar-refractivity contribution is 5.89. The van der Waals surface area contributed by atoms with Gasteiger partial charge >= 0.3 is 0 Å². The Morgan fingerprint density at radius 2 is 1.81 bits per heavy atom. The zero-order chi connectivity index (χ0) is 16.4. The monoisotopic (exact) mass is 293 g/mol. The van der Waals surface area contributed by atoms with Crippen LogP contribution in [0.4, 0.5) is 5.82 Å². The molecule has 1 amide bonds. The molecule has 0 fully saturated rings. The van der Waals surface area contributed by atoms with Crippen molar-refractivity contribution in [2.45, 2.75) is 79.2 Å². The standard InChI is InChI=1S/C17H31N3O/c1-12(2)9-10-15(21)18-14-11-13(16(3,4)5)19-20(14)17(6,7)8/h11-12H,9-10H2,1-8H3,(H,18,21). The number of aromatic nitrogens is 2. The fraction of sp³-hybridized carbons (Fsp3) is 0.765. The molecule has 0 atom stereocenters. The topological polar surface area (TPSA) is 46.9 Å². The minimum Gasteiger partial charge on any atom is -0.311 e. The highest BCUT2D eigenvalue weighted by atomic mass is 16.1. The van der Waals surface area contributed by atoms with Crippen molar-refractivity contribution in [3.8, 4) is 0 Å². The molecule has 1 N–H and O–H groups in total. The van der Waals surface area contributed by atoms with E-state index in [-0.39, 0.29) is 16.9 Å². The summed E-state index contributed by atoms with van der Waals surface area (Å²) in [5.74, 6) is 1.39. The van der Waals surface area contributed by atoms with Crippen molar-refractivity contribution in [3.63, 3.8) is 0 Å². The van der Waals surface area contributed by atoms with E-state index in [4.69, 9.17) is 5.10 Å². The highest BCUT2D eigenvalue weighted by Gasteiger charge is 2.25.